The molecule has 0 atom stereocenters. The third-order valence-corrected chi connectivity index (χ3v) is 4.80. The first-order chi connectivity index (χ1) is 14.7. The molecule has 2 heterocycles. The third kappa shape index (κ3) is 3.55. The summed E-state index contributed by atoms with van der Waals surface area (Å²) >= 11 is 0. The van der Waals surface area contributed by atoms with Gasteiger partial charge in [0.05, 0.1) is 27.9 Å². The van der Waals surface area contributed by atoms with Crippen LogP contribution in [0.25, 0.3) is 16.6 Å². The molecule has 0 saturated carbocycles. The quantitative estimate of drug-likeness (QED) is 0.460. The maximum atomic E-state index is 5.52. The highest BCUT2D eigenvalue weighted by Gasteiger charge is 2.16. The molecule has 0 radical (unpaired) electrons. The molecule has 4 aromatic rings. The van der Waals surface area contributed by atoms with Crippen LogP contribution in [0.1, 0.15) is 11.4 Å². The monoisotopic (exact) mass is 408 g/mol. The van der Waals surface area contributed by atoms with Crippen molar-refractivity contribution in [3.63, 3.8) is 0 Å². The summed E-state index contributed by atoms with van der Waals surface area (Å²) in [6.07, 6.45) is 0. The Hall–Kier alpha value is -3.59. The minimum atomic E-state index is 0.483. The van der Waals surface area contributed by atoms with Crippen LogP contribution in [0.2, 0.25) is 0 Å². The number of hydrogen-bond acceptors (Lipinski definition) is 8. The number of hydrogen-bond donors (Lipinski definition) is 2. The Balaban J connectivity index is 1.79. The van der Waals surface area contributed by atoms with Crippen molar-refractivity contribution in [1.82, 2.24) is 24.9 Å². The van der Waals surface area contributed by atoms with E-state index in [0.29, 0.717) is 36.3 Å². The number of benzene rings is 2. The lowest BCUT2D eigenvalue weighted by Gasteiger charge is -2.13. The number of nitrogens with one attached hydrogen (secondary N) is 2. The predicted octanol–water partition coefficient (Wildman–Crippen LogP) is 2.63. The molecule has 0 aliphatic rings. The number of fused-ring (bicyclic) bond motifs is 3. The van der Waals surface area contributed by atoms with Gasteiger partial charge >= 0.3 is 0 Å². The van der Waals surface area contributed by atoms with Crippen molar-refractivity contribution >= 4 is 22.5 Å². The fraction of sp³-hybridized carbons (Fsp3) is 0.286. The van der Waals surface area contributed by atoms with Crippen molar-refractivity contribution in [3.05, 3.63) is 47.8 Å². The molecule has 0 spiro atoms. The van der Waals surface area contributed by atoms with Crippen LogP contribution in [0.4, 0.5) is 5.95 Å². The number of nitrogens with zero attached hydrogens (tertiary/aromatic N) is 4. The molecule has 0 fully saturated rings. The van der Waals surface area contributed by atoms with Gasteiger partial charge in [-0.05, 0) is 31.3 Å². The van der Waals surface area contributed by atoms with Crippen molar-refractivity contribution in [2.24, 2.45) is 0 Å². The topological polar surface area (TPSA) is 94.8 Å². The van der Waals surface area contributed by atoms with Gasteiger partial charge in [-0.3, -0.25) is 0 Å². The van der Waals surface area contributed by atoms with E-state index in [4.69, 9.17) is 24.2 Å². The number of para-hydroxylation sites is 1. The maximum Gasteiger partial charge on any atom is 0.226 e. The third-order valence-electron chi connectivity index (χ3n) is 4.80. The Labute approximate surface area is 174 Å². The standard InChI is InChI=1S/C21H24N6O3/c1-22-12-18-24-20-15-6-5-7-16(29-3)19(15)25-21(27(20)26-18)23-11-13-8-9-14(28-2)10-17(13)30-4/h5-10,22H,11-12H2,1-4H3,(H,23,25). The van der Waals surface area contributed by atoms with Gasteiger partial charge < -0.3 is 24.8 Å². The van der Waals surface area contributed by atoms with Crippen LogP contribution < -0.4 is 24.8 Å². The van der Waals surface area contributed by atoms with E-state index in [2.05, 4.69) is 15.7 Å². The smallest absolute Gasteiger partial charge is 0.226 e. The molecule has 156 valence electrons. The van der Waals surface area contributed by atoms with Crippen LogP contribution in [0.15, 0.2) is 36.4 Å². The number of methoxy groups -OCH3 is 3. The van der Waals surface area contributed by atoms with Gasteiger partial charge in [-0.2, -0.15) is 4.52 Å². The Bertz CT molecular complexity index is 1190. The lowest BCUT2D eigenvalue weighted by Crippen LogP contribution is -2.10. The van der Waals surface area contributed by atoms with Gasteiger partial charge in [-0.1, -0.05) is 6.07 Å². The van der Waals surface area contributed by atoms with Crippen LogP contribution >= 0.6 is 0 Å². The first-order valence-corrected chi connectivity index (χ1v) is 9.50. The lowest BCUT2D eigenvalue weighted by molar-refractivity contribution is 0.391. The van der Waals surface area contributed by atoms with Gasteiger partial charge in [0.15, 0.2) is 11.5 Å². The molecule has 2 aromatic carbocycles. The molecule has 0 bridgehead atoms. The molecule has 9 heteroatoms. The molecule has 0 aliphatic carbocycles. The van der Waals surface area contributed by atoms with E-state index in [1.807, 2.05) is 43.4 Å². The Kier molecular flexibility index (Phi) is 5.53. The molecule has 0 aliphatic heterocycles. The van der Waals surface area contributed by atoms with E-state index in [-0.39, 0.29) is 0 Å². The second-order valence-electron chi connectivity index (χ2n) is 6.62. The van der Waals surface area contributed by atoms with E-state index in [1.54, 1.807) is 25.8 Å². The Morgan fingerprint density at radius 3 is 2.50 bits per heavy atom. The zero-order valence-electron chi connectivity index (χ0n) is 17.4. The Morgan fingerprint density at radius 2 is 1.77 bits per heavy atom. The minimum absolute atomic E-state index is 0.483. The van der Waals surface area contributed by atoms with Crippen molar-refractivity contribution in [2.75, 3.05) is 33.7 Å². The van der Waals surface area contributed by atoms with Gasteiger partial charge in [-0.25, -0.2) is 9.97 Å². The number of rotatable bonds is 8. The summed E-state index contributed by atoms with van der Waals surface area (Å²) in [6.45, 7) is 1.04. The molecule has 4 rings (SSSR count). The van der Waals surface area contributed by atoms with Crippen LogP contribution in [-0.2, 0) is 13.1 Å². The van der Waals surface area contributed by atoms with Gasteiger partial charge in [0.25, 0.3) is 0 Å². The highest BCUT2D eigenvalue weighted by atomic mass is 16.5. The van der Waals surface area contributed by atoms with Crippen LogP contribution in [-0.4, -0.2) is 48.0 Å². The van der Waals surface area contributed by atoms with E-state index in [0.717, 1.165) is 28.0 Å². The zero-order chi connectivity index (χ0) is 21.1. The molecule has 0 amide bonds. The lowest BCUT2D eigenvalue weighted by atomic mass is 10.2. The van der Waals surface area contributed by atoms with E-state index >= 15 is 0 Å². The van der Waals surface area contributed by atoms with Gasteiger partial charge in [0.1, 0.15) is 22.8 Å². The molecule has 9 nitrogen and oxygen atoms in total. The van der Waals surface area contributed by atoms with Gasteiger partial charge in [0, 0.05) is 23.6 Å². The van der Waals surface area contributed by atoms with Crippen molar-refractivity contribution in [1.29, 1.82) is 0 Å². The number of anilines is 1. The first kappa shape index (κ1) is 19.7. The summed E-state index contributed by atoms with van der Waals surface area (Å²) < 4.78 is 18.0. The van der Waals surface area contributed by atoms with Gasteiger partial charge in [0.2, 0.25) is 5.95 Å². The Morgan fingerprint density at radius 1 is 0.933 bits per heavy atom. The number of aromatic nitrogens is 4. The van der Waals surface area contributed by atoms with E-state index < -0.39 is 0 Å². The summed E-state index contributed by atoms with van der Waals surface area (Å²) in [5.41, 5.74) is 2.40. The predicted molar refractivity (Wildman–Crippen MR) is 114 cm³/mol. The summed E-state index contributed by atoms with van der Waals surface area (Å²) in [5.74, 6) is 3.39. The molecule has 2 N–H and O–H groups in total. The molecule has 30 heavy (non-hydrogen) atoms. The summed E-state index contributed by atoms with van der Waals surface area (Å²) in [7, 11) is 6.76. The second kappa shape index (κ2) is 8.42. The minimum Gasteiger partial charge on any atom is -0.497 e. The van der Waals surface area contributed by atoms with E-state index in [9.17, 15) is 0 Å². The maximum absolute atomic E-state index is 5.52. The highest BCUT2D eigenvalue weighted by Crippen LogP contribution is 2.29. The van der Waals surface area contributed by atoms with Crippen molar-refractivity contribution < 1.29 is 14.2 Å². The normalized spacial score (nSPS) is 11.1. The summed E-state index contributed by atoms with van der Waals surface area (Å²) in [5, 5.41) is 11.9. The van der Waals surface area contributed by atoms with Crippen LogP contribution in [0.3, 0.4) is 0 Å². The largest absolute Gasteiger partial charge is 0.497 e. The number of ether oxygens (including phenoxy) is 3. The average Bonchev–Trinajstić information content (AvgIpc) is 3.21. The second-order valence-corrected chi connectivity index (χ2v) is 6.62. The summed E-state index contributed by atoms with van der Waals surface area (Å²) in [4.78, 5) is 9.48. The fourth-order valence-electron chi connectivity index (χ4n) is 3.33. The molecule has 0 saturated heterocycles. The molecule has 2 aromatic heterocycles. The van der Waals surface area contributed by atoms with Crippen molar-refractivity contribution in [3.8, 4) is 17.2 Å². The average molecular weight is 408 g/mol. The molecule has 0 unspecified atom stereocenters. The summed E-state index contributed by atoms with van der Waals surface area (Å²) in [6, 6.07) is 11.5. The first-order valence-electron chi connectivity index (χ1n) is 9.50. The van der Waals surface area contributed by atoms with Crippen molar-refractivity contribution in [2.45, 2.75) is 13.1 Å². The fourth-order valence-corrected chi connectivity index (χ4v) is 3.33. The highest BCUT2D eigenvalue weighted by molar-refractivity contribution is 5.95. The SMILES string of the molecule is CNCc1nc2c3cccc(OC)c3nc(NCc3ccc(OC)cc3OC)n2n1. The van der Waals surface area contributed by atoms with Crippen LogP contribution in [0.5, 0.6) is 17.2 Å². The van der Waals surface area contributed by atoms with Crippen LogP contribution in [0, 0.1) is 0 Å². The zero-order valence-corrected chi connectivity index (χ0v) is 17.4. The van der Waals surface area contributed by atoms with Gasteiger partial charge in [-0.15, -0.1) is 5.10 Å². The molecular weight excluding hydrogens is 384 g/mol. The van der Waals surface area contributed by atoms with E-state index in [1.165, 1.54) is 0 Å². The molecular formula is C21H24N6O3.